The minimum atomic E-state index is -0.525. The summed E-state index contributed by atoms with van der Waals surface area (Å²) in [6.07, 6.45) is 4.41. The number of piperidine rings is 1. The Morgan fingerprint density at radius 1 is 1.15 bits per heavy atom. The third-order valence-corrected chi connectivity index (χ3v) is 6.12. The van der Waals surface area contributed by atoms with Crippen LogP contribution in [0.2, 0.25) is 0 Å². The van der Waals surface area contributed by atoms with Crippen molar-refractivity contribution in [3.05, 3.63) is 30.1 Å². The molecule has 3 heterocycles. The Morgan fingerprint density at radius 2 is 1.85 bits per heavy atom. The summed E-state index contributed by atoms with van der Waals surface area (Å²) in [6.45, 7) is 10.5. The van der Waals surface area contributed by atoms with Crippen molar-refractivity contribution in [3.8, 4) is 6.07 Å². The Bertz CT molecular complexity index is 1120. The average molecular weight is 465 g/mol. The number of amides is 1. The highest BCUT2D eigenvalue weighted by atomic mass is 16.6. The molecule has 1 amide bonds. The number of benzene rings is 1. The van der Waals surface area contributed by atoms with E-state index in [4.69, 9.17) is 4.74 Å². The van der Waals surface area contributed by atoms with E-state index < -0.39 is 5.60 Å². The average Bonchev–Trinajstić information content (AvgIpc) is 2.73. The summed E-state index contributed by atoms with van der Waals surface area (Å²) in [5.74, 6) is 0.856. The molecule has 180 valence electrons. The minimum absolute atomic E-state index is 0.187. The first-order chi connectivity index (χ1) is 16.1. The number of carbonyl (C=O) groups excluding carboxylic acids is 2. The van der Waals surface area contributed by atoms with Crippen molar-refractivity contribution in [1.29, 1.82) is 5.26 Å². The number of fused-ring (bicyclic) bond motifs is 1. The maximum absolute atomic E-state index is 12.8. The second-order valence-electron chi connectivity index (χ2n) is 10.5. The summed E-state index contributed by atoms with van der Waals surface area (Å²) in [5.41, 5.74) is 2.28. The lowest BCUT2D eigenvalue weighted by Crippen LogP contribution is -2.59. The Kier molecular flexibility index (Phi) is 6.71. The van der Waals surface area contributed by atoms with Gasteiger partial charge in [-0.3, -0.25) is 24.6 Å². The van der Waals surface area contributed by atoms with Crippen LogP contribution < -0.4 is 4.90 Å². The zero-order chi connectivity index (χ0) is 24.5. The van der Waals surface area contributed by atoms with Gasteiger partial charge in [-0.1, -0.05) is 6.92 Å². The molecule has 0 spiro atoms. The maximum atomic E-state index is 12.8. The number of aromatic nitrogens is 2. The van der Waals surface area contributed by atoms with Crippen molar-refractivity contribution in [2.75, 3.05) is 37.9 Å². The number of ether oxygens (including phenoxy) is 1. The van der Waals surface area contributed by atoms with Gasteiger partial charge in [0.1, 0.15) is 28.5 Å². The monoisotopic (exact) mass is 464 g/mol. The molecule has 0 aliphatic carbocycles. The number of anilines is 1. The summed E-state index contributed by atoms with van der Waals surface area (Å²) in [4.78, 5) is 39.6. The second kappa shape index (κ2) is 9.55. The predicted molar refractivity (Wildman–Crippen MR) is 128 cm³/mol. The summed E-state index contributed by atoms with van der Waals surface area (Å²) in [5, 5.41) is 9.41. The van der Waals surface area contributed by atoms with Crippen molar-refractivity contribution < 1.29 is 14.3 Å². The van der Waals surface area contributed by atoms with E-state index in [0.29, 0.717) is 43.3 Å². The van der Waals surface area contributed by atoms with Gasteiger partial charge in [0.15, 0.2) is 0 Å². The van der Waals surface area contributed by atoms with Gasteiger partial charge in [0.25, 0.3) is 0 Å². The van der Waals surface area contributed by atoms with Gasteiger partial charge in [-0.25, -0.2) is 4.79 Å². The van der Waals surface area contributed by atoms with E-state index in [2.05, 4.69) is 27.9 Å². The molecule has 2 atom stereocenters. The molecule has 2 aromatic rings. The van der Waals surface area contributed by atoms with Crippen molar-refractivity contribution in [3.63, 3.8) is 0 Å². The molecule has 1 aromatic heterocycles. The molecule has 2 aliphatic rings. The molecule has 9 nitrogen and oxygen atoms in total. The third-order valence-electron chi connectivity index (χ3n) is 6.12. The zero-order valence-corrected chi connectivity index (χ0v) is 20.3. The third kappa shape index (κ3) is 5.45. The van der Waals surface area contributed by atoms with Gasteiger partial charge in [0.2, 0.25) is 0 Å². The quantitative estimate of drug-likeness (QED) is 0.663. The van der Waals surface area contributed by atoms with Crippen LogP contribution in [0.25, 0.3) is 11.0 Å². The minimum Gasteiger partial charge on any atom is -0.444 e. The van der Waals surface area contributed by atoms with Gasteiger partial charge in [0, 0.05) is 31.9 Å². The summed E-state index contributed by atoms with van der Waals surface area (Å²) >= 11 is 0. The lowest BCUT2D eigenvalue weighted by atomic mass is 9.86. The first-order valence-corrected chi connectivity index (χ1v) is 11.7. The van der Waals surface area contributed by atoms with Gasteiger partial charge in [0.05, 0.1) is 31.1 Å². The highest BCUT2D eigenvalue weighted by Crippen LogP contribution is 2.33. The van der Waals surface area contributed by atoms with Crippen LogP contribution in [0, 0.1) is 23.2 Å². The molecule has 1 aromatic carbocycles. The molecule has 0 N–H and O–H groups in total. The van der Waals surface area contributed by atoms with Crippen LogP contribution in [0.1, 0.15) is 46.1 Å². The fraction of sp³-hybridized carbons (Fsp3) is 0.560. The van der Waals surface area contributed by atoms with Crippen molar-refractivity contribution in [2.24, 2.45) is 11.8 Å². The first kappa shape index (κ1) is 23.9. The van der Waals surface area contributed by atoms with Crippen LogP contribution in [-0.4, -0.2) is 70.2 Å². The molecular formula is C25H32N6O3. The highest BCUT2D eigenvalue weighted by Gasteiger charge is 2.34. The summed E-state index contributed by atoms with van der Waals surface area (Å²) < 4.78 is 5.37. The van der Waals surface area contributed by atoms with Gasteiger partial charge in [-0.05, 0) is 51.2 Å². The lowest BCUT2D eigenvalue weighted by molar-refractivity contribution is -0.126. The first-order valence-electron chi connectivity index (χ1n) is 11.7. The van der Waals surface area contributed by atoms with Crippen LogP contribution in [0.4, 0.5) is 10.5 Å². The number of ketones is 1. The number of nitrogens with zero attached hydrogens (tertiary/aromatic N) is 6. The van der Waals surface area contributed by atoms with Gasteiger partial charge < -0.3 is 9.64 Å². The fourth-order valence-corrected chi connectivity index (χ4v) is 4.83. The normalized spacial score (nSPS) is 21.1. The van der Waals surface area contributed by atoms with E-state index in [1.54, 1.807) is 23.4 Å². The molecule has 9 heteroatoms. The largest absolute Gasteiger partial charge is 0.444 e. The smallest absolute Gasteiger partial charge is 0.412 e. The Balaban J connectivity index is 1.35. The zero-order valence-electron chi connectivity index (χ0n) is 20.3. The van der Waals surface area contributed by atoms with E-state index in [9.17, 15) is 14.9 Å². The number of hydrogen-bond acceptors (Lipinski definition) is 8. The number of hydrogen-bond donors (Lipinski definition) is 0. The van der Waals surface area contributed by atoms with Crippen molar-refractivity contribution in [2.45, 2.75) is 46.1 Å². The molecule has 2 fully saturated rings. The standard InChI is InChI=1S/C25H32N6O3/c1-17-9-18(10-20(32)14-29-15-31(16-29)24(33)34-25(2,3)4)13-30(12-17)21-6-5-19(11-26)22-23(21)28-8-7-27-22/h5-8,17-18H,9-10,12-16H2,1-4H3/t17-,18-/m0/s1. The maximum Gasteiger partial charge on any atom is 0.412 e. The summed E-state index contributed by atoms with van der Waals surface area (Å²) in [7, 11) is 0. The number of Topliss-reactive ketones (excluding diaryl/α,β-unsaturated/α-hetero) is 1. The van der Waals surface area contributed by atoms with Gasteiger partial charge >= 0.3 is 6.09 Å². The van der Waals surface area contributed by atoms with Crippen molar-refractivity contribution >= 4 is 28.6 Å². The SMILES string of the molecule is C[C@H]1C[C@@H](CC(=O)CN2CN(C(=O)OC(C)(C)C)C2)CN(c2ccc(C#N)c3nccnc23)C1. The molecular weight excluding hydrogens is 432 g/mol. The van der Waals surface area contributed by atoms with Crippen LogP contribution in [-0.2, 0) is 9.53 Å². The topological polar surface area (TPSA) is 103 Å². The summed E-state index contributed by atoms with van der Waals surface area (Å²) in [6, 6.07) is 5.93. The van der Waals surface area contributed by atoms with Crippen molar-refractivity contribution in [1.82, 2.24) is 19.8 Å². The Labute approximate surface area is 200 Å². The molecule has 4 rings (SSSR count). The van der Waals surface area contributed by atoms with Crippen LogP contribution in [0.3, 0.4) is 0 Å². The molecule has 34 heavy (non-hydrogen) atoms. The number of nitriles is 1. The second-order valence-corrected chi connectivity index (χ2v) is 10.5. The van der Waals surface area contributed by atoms with Crippen LogP contribution in [0.15, 0.2) is 24.5 Å². The van der Waals surface area contributed by atoms with Gasteiger partial charge in [-0.15, -0.1) is 0 Å². The van der Waals surface area contributed by atoms with E-state index in [1.165, 1.54) is 0 Å². The van der Waals surface area contributed by atoms with E-state index in [-0.39, 0.29) is 17.8 Å². The predicted octanol–water partition coefficient (Wildman–Crippen LogP) is 3.39. The lowest BCUT2D eigenvalue weighted by Gasteiger charge is -2.42. The molecule has 0 unspecified atom stereocenters. The van der Waals surface area contributed by atoms with E-state index in [1.807, 2.05) is 31.7 Å². The van der Waals surface area contributed by atoms with Gasteiger partial charge in [-0.2, -0.15) is 5.26 Å². The highest BCUT2D eigenvalue weighted by molar-refractivity contribution is 5.92. The molecule has 0 bridgehead atoms. The number of rotatable bonds is 5. The molecule has 2 aliphatic heterocycles. The molecule has 0 saturated carbocycles. The fourth-order valence-electron chi connectivity index (χ4n) is 4.83. The Hall–Kier alpha value is -3.25. The van der Waals surface area contributed by atoms with E-state index >= 15 is 0 Å². The van der Waals surface area contributed by atoms with Crippen LogP contribution >= 0.6 is 0 Å². The molecule has 0 radical (unpaired) electrons. The number of carbonyl (C=O) groups is 2. The van der Waals surface area contributed by atoms with E-state index in [0.717, 1.165) is 30.7 Å². The molecule has 2 saturated heterocycles. The Morgan fingerprint density at radius 3 is 2.53 bits per heavy atom. The van der Waals surface area contributed by atoms with Crippen LogP contribution in [0.5, 0.6) is 0 Å².